The number of ether oxygens (including phenoxy) is 1. The zero-order valence-corrected chi connectivity index (χ0v) is 16.8. The molecule has 6 nitrogen and oxygen atoms in total. The van der Waals surface area contributed by atoms with Crippen LogP contribution in [0.25, 0.3) is 0 Å². The Hall–Kier alpha value is -1.69. The van der Waals surface area contributed by atoms with E-state index in [0.29, 0.717) is 30.4 Å². The molecule has 1 saturated heterocycles. The minimum atomic E-state index is -0.139. The first-order chi connectivity index (χ1) is 13.6. The molecule has 4 bridgehead atoms. The van der Waals surface area contributed by atoms with E-state index >= 15 is 0 Å². The summed E-state index contributed by atoms with van der Waals surface area (Å²) in [6, 6.07) is 4.27. The number of hydrogen-bond acceptors (Lipinski definition) is 5. The van der Waals surface area contributed by atoms with Gasteiger partial charge in [-0.2, -0.15) is 0 Å². The van der Waals surface area contributed by atoms with Crippen molar-refractivity contribution in [3.05, 3.63) is 17.8 Å². The fraction of sp³-hybridized carbons (Fsp3) is 0.773. The Morgan fingerprint density at radius 1 is 1.07 bits per heavy atom. The predicted molar refractivity (Wildman–Crippen MR) is 107 cm³/mol. The van der Waals surface area contributed by atoms with Crippen LogP contribution in [0.4, 0.5) is 5.82 Å². The molecule has 1 aromatic heterocycles. The summed E-state index contributed by atoms with van der Waals surface area (Å²) in [5.74, 6) is 3.47. The Kier molecular flexibility index (Phi) is 4.77. The molecule has 28 heavy (non-hydrogen) atoms. The molecular formula is C22H32N4O2. The second-order valence-electron chi connectivity index (χ2n) is 9.81. The summed E-state index contributed by atoms with van der Waals surface area (Å²) in [4.78, 5) is 12.4. The van der Waals surface area contributed by atoms with E-state index in [-0.39, 0.29) is 11.9 Å². The summed E-state index contributed by atoms with van der Waals surface area (Å²) in [6.45, 7) is 3.74. The van der Waals surface area contributed by atoms with E-state index in [9.17, 15) is 4.79 Å². The summed E-state index contributed by atoms with van der Waals surface area (Å²) in [7, 11) is 0. The van der Waals surface area contributed by atoms with Crippen molar-refractivity contribution in [1.29, 1.82) is 0 Å². The number of carbonyl (C=O) groups excluding carboxylic acids is 1. The van der Waals surface area contributed by atoms with Gasteiger partial charge in [-0.15, -0.1) is 10.2 Å². The van der Waals surface area contributed by atoms with Crippen LogP contribution in [0.2, 0.25) is 0 Å². The maximum absolute atomic E-state index is 12.4. The molecule has 4 aliphatic carbocycles. The summed E-state index contributed by atoms with van der Waals surface area (Å²) >= 11 is 0. The number of hydrogen-bond donors (Lipinski definition) is 2. The highest BCUT2D eigenvalue weighted by molar-refractivity contribution is 5.92. The molecule has 152 valence electrons. The van der Waals surface area contributed by atoms with Crippen LogP contribution in [0.5, 0.6) is 0 Å². The average Bonchev–Trinajstić information content (AvgIpc) is 2.68. The highest BCUT2D eigenvalue weighted by Gasteiger charge is 2.53. The molecule has 1 aromatic rings. The third-order valence-electron chi connectivity index (χ3n) is 7.82. The minimum Gasteiger partial charge on any atom is -0.381 e. The molecule has 5 aliphatic rings. The van der Waals surface area contributed by atoms with Gasteiger partial charge in [0.25, 0.3) is 5.91 Å². The van der Waals surface area contributed by atoms with Crippen LogP contribution < -0.4 is 10.6 Å². The van der Waals surface area contributed by atoms with E-state index in [2.05, 4.69) is 27.8 Å². The largest absolute Gasteiger partial charge is 0.381 e. The maximum Gasteiger partial charge on any atom is 0.272 e. The highest BCUT2D eigenvalue weighted by Crippen LogP contribution is 2.61. The zero-order valence-electron chi connectivity index (χ0n) is 16.8. The Labute approximate surface area is 167 Å². The lowest BCUT2D eigenvalue weighted by atomic mass is 9.48. The first-order valence-electron chi connectivity index (χ1n) is 11.1. The first-order valence-corrected chi connectivity index (χ1v) is 11.1. The van der Waals surface area contributed by atoms with Gasteiger partial charge in [-0.1, -0.05) is 0 Å². The van der Waals surface area contributed by atoms with Crippen molar-refractivity contribution in [2.45, 2.75) is 70.4 Å². The Morgan fingerprint density at radius 2 is 1.71 bits per heavy atom. The van der Waals surface area contributed by atoms with Gasteiger partial charge < -0.3 is 15.4 Å². The maximum atomic E-state index is 12.4. The van der Waals surface area contributed by atoms with Crippen LogP contribution in [-0.2, 0) is 4.74 Å². The van der Waals surface area contributed by atoms with Gasteiger partial charge >= 0.3 is 0 Å². The van der Waals surface area contributed by atoms with E-state index in [0.717, 1.165) is 36.4 Å². The van der Waals surface area contributed by atoms with E-state index < -0.39 is 0 Å². The van der Waals surface area contributed by atoms with Crippen molar-refractivity contribution in [2.24, 2.45) is 23.2 Å². The average molecular weight is 385 g/mol. The molecule has 1 aliphatic heterocycles. The second-order valence-corrected chi connectivity index (χ2v) is 9.81. The fourth-order valence-corrected chi connectivity index (χ4v) is 6.71. The van der Waals surface area contributed by atoms with Gasteiger partial charge in [-0.25, -0.2) is 0 Å². The number of anilines is 1. The second kappa shape index (κ2) is 7.29. The SMILES string of the molecule is CC(Nc1ccc(C(=O)NC2CCOCC2)nn1)C12CC3CC(CC(C3)C1)C2. The molecule has 2 N–H and O–H groups in total. The van der Waals surface area contributed by atoms with Gasteiger partial charge in [-0.05, 0) is 93.6 Å². The van der Waals surface area contributed by atoms with Crippen LogP contribution in [0.1, 0.15) is 68.8 Å². The molecule has 1 unspecified atom stereocenters. The van der Waals surface area contributed by atoms with Gasteiger partial charge in [0.1, 0.15) is 5.82 Å². The van der Waals surface area contributed by atoms with Crippen molar-refractivity contribution in [3.8, 4) is 0 Å². The lowest BCUT2D eigenvalue weighted by Crippen LogP contribution is -2.53. The van der Waals surface area contributed by atoms with Gasteiger partial charge in [0.15, 0.2) is 5.69 Å². The molecule has 1 atom stereocenters. The standard InChI is InChI=1S/C22H32N4O2/c1-14(22-11-15-8-16(12-22)10-17(9-15)13-22)23-20-3-2-19(25-26-20)21(27)24-18-4-6-28-7-5-18/h2-3,14-18H,4-13H2,1H3,(H,23,26)(H,24,27). The van der Waals surface area contributed by atoms with Crippen molar-refractivity contribution in [3.63, 3.8) is 0 Å². The molecule has 6 heteroatoms. The number of rotatable bonds is 5. The molecule has 6 rings (SSSR count). The summed E-state index contributed by atoms with van der Waals surface area (Å²) in [6.07, 6.45) is 10.2. The monoisotopic (exact) mass is 384 g/mol. The van der Waals surface area contributed by atoms with Crippen LogP contribution in [-0.4, -0.2) is 41.4 Å². The quantitative estimate of drug-likeness (QED) is 0.814. The van der Waals surface area contributed by atoms with Crippen LogP contribution in [0.3, 0.4) is 0 Å². The van der Waals surface area contributed by atoms with Gasteiger partial charge in [0.05, 0.1) is 0 Å². The van der Waals surface area contributed by atoms with E-state index in [1.165, 1.54) is 38.5 Å². The van der Waals surface area contributed by atoms with Crippen molar-refractivity contribution < 1.29 is 9.53 Å². The minimum absolute atomic E-state index is 0.139. The molecule has 5 fully saturated rings. The van der Waals surface area contributed by atoms with Gasteiger partial charge in [0.2, 0.25) is 0 Å². The molecule has 0 radical (unpaired) electrons. The number of nitrogens with zero attached hydrogens (tertiary/aromatic N) is 2. The predicted octanol–water partition coefficient (Wildman–Crippen LogP) is 3.40. The third-order valence-corrected chi connectivity index (χ3v) is 7.82. The Bertz CT molecular complexity index is 678. The van der Waals surface area contributed by atoms with Crippen LogP contribution in [0.15, 0.2) is 12.1 Å². The summed E-state index contributed by atoms with van der Waals surface area (Å²) < 4.78 is 5.34. The number of carbonyl (C=O) groups is 1. The molecule has 0 aromatic carbocycles. The third kappa shape index (κ3) is 3.51. The number of amides is 1. The normalized spacial score (nSPS) is 35.5. The summed E-state index contributed by atoms with van der Waals surface area (Å²) in [5.41, 5.74) is 0.815. The first kappa shape index (κ1) is 18.3. The number of nitrogens with one attached hydrogen (secondary N) is 2. The van der Waals surface area contributed by atoms with Crippen molar-refractivity contribution in [1.82, 2.24) is 15.5 Å². The topological polar surface area (TPSA) is 76.1 Å². The smallest absolute Gasteiger partial charge is 0.272 e. The van der Waals surface area contributed by atoms with Crippen LogP contribution in [0, 0.1) is 23.2 Å². The van der Waals surface area contributed by atoms with Crippen LogP contribution >= 0.6 is 0 Å². The Balaban J connectivity index is 1.21. The van der Waals surface area contributed by atoms with Gasteiger partial charge in [-0.3, -0.25) is 4.79 Å². The molecule has 1 amide bonds. The lowest BCUT2D eigenvalue weighted by Gasteiger charge is -2.59. The van der Waals surface area contributed by atoms with Crippen molar-refractivity contribution >= 4 is 11.7 Å². The molecule has 2 heterocycles. The number of aromatic nitrogens is 2. The van der Waals surface area contributed by atoms with E-state index in [4.69, 9.17) is 4.74 Å². The molecule has 0 spiro atoms. The van der Waals surface area contributed by atoms with E-state index in [1.807, 2.05) is 6.07 Å². The fourth-order valence-electron chi connectivity index (χ4n) is 6.71. The zero-order chi connectivity index (χ0) is 19.1. The van der Waals surface area contributed by atoms with E-state index in [1.54, 1.807) is 6.07 Å². The highest BCUT2D eigenvalue weighted by atomic mass is 16.5. The Morgan fingerprint density at radius 3 is 2.29 bits per heavy atom. The van der Waals surface area contributed by atoms with Gasteiger partial charge in [0, 0.05) is 25.3 Å². The molecular weight excluding hydrogens is 352 g/mol. The van der Waals surface area contributed by atoms with Crippen molar-refractivity contribution in [2.75, 3.05) is 18.5 Å². The molecule has 4 saturated carbocycles. The lowest BCUT2D eigenvalue weighted by molar-refractivity contribution is -0.0603. The summed E-state index contributed by atoms with van der Waals surface area (Å²) in [5, 5.41) is 15.2.